The minimum atomic E-state index is -1.03. The molecular weight excluding hydrogens is 376 g/mol. The highest BCUT2D eigenvalue weighted by molar-refractivity contribution is 6.01. The van der Waals surface area contributed by atoms with Crippen molar-refractivity contribution in [3.8, 4) is 5.75 Å². The van der Waals surface area contributed by atoms with E-state index in [4.69, 9.17) is 9.47 Å². The molecule has 0 spiro atoms. The van der Waals surface area contributed by atoms with Crippen molar-refractivity contribution in [3.63, 3.8) is 0 Å². The van der Waals surface area contributed by atoms with Crippen LogP contribution in [0.15, 0.2) is 42.5 Å². The smallest absolute Gasteiger partial charge is 0.339 e. The molecule has 29 heavy (non-hydrogen) atoms. The maximum absolute atomic E-state index is 12.5. The molecule has 1 aliphatic heterocycles. The Balaban J connectivity index is 1.74. The largest absolute Gasteiger partial charge is 0.497 e. The number of benzene rings is 2. The predicted octanol–water partition coefficient (Wildman–Crippen LogP) is 3.63. The van der Waals surface area contributed by atoms with E-state index in [1.54, 1.807) is 30.3 Å². The number of nitro groups is 1. The summed E-state index contributed by atoms with van der Waals surface area (Å²) in [4.78, 5) is 37.9. The number of esters is 1. The van der Waals surface area contributed by atoms with Crippen LogP contribution in [-0.4, -0.2) is 43.0 Å². The van der Waals surface area contributed by atoms with E-state index in [0.717, 1.165) is 25.9 Å². The summed E-state index contributed by atoms with van der Waals surface area (Å²) < 4.78 is 10.3. The molecule has 8 heteroatoms. The number of rotatable bonds is 7. The first-order chi connectivity index (χ1) is 13.9. The summed E-state index contributed by atoms with van der Waals surface area (Å²) in [7, 11) is 1.52. The van der Waals surface area contributed by atoms with Crippen molar-refractivity contribution >= 4 is 23.1 Å². The third-order valence-electron chi connectivity index (χ3n) is 4.88. The highest BCUT2D eigenvalue weighted by Crippen LogP contribution is 2.32. The normalized spacial score (nSPS) is 14.3. The summed E-state index contributed by atoms with van der Waals surface area (Å²) in [6.45, 7) is 2.97. The Morgan fingerprint density at radius 3 is 2.28 bits per heavy atom. The molecule has 1 atom stereocenters. The molecule has 3 rings (SSSR count). The van der Waals surface area contributed by atoms with Crippen LogP contribution < -0.4 is 9.64 Å². The average Bonchev–Trinajstić information content (AvgIpc) is 3.27. The van der Waals surface area contributed by atoms with Gasteiger partial charge in [0.2, 0.25) is 5.78 Å². The van der Waals surface area contributed by atoms with Crippen LogP contribution in [0.3, 0.4) is 0 Å². The summed E-state index contributed by atoms with van der Waals surface area (Å²) in [6, 6.07) is 10.7. The van der Waals surface area contributed by atoms with Gasteiger partial charge in [-0.3, -0.25) is 14.9 Å². The van der Waals surface area contributed by atoms with Crippen LogP contribution in [-0.2, 0) is 4.74 Å². The Morgan fingerprint density at radius 1 is 1.07 bits per heavy atom. The van der Waals surface area contributed by atoms with Gasteiger partial charge in [0.05, 0.1) is 17.6 Å². The van der Waals surface area contributed by atoms with E-state index in [9.17, 15) is 19.7 Å². The molecule has 1 aliphatic rings. The van der Waals surface area contributed by atoms with Crippen molar-refractivity contribution in [1.29, 1.82) is 0 Å². The number of ketones is 1. The first-order valence-electron chi connectivity index (χ1n) is 9.33. The van der Waals surface area contributed by atoms with Gasteiger partial charge in [0.1, 0.15) is 11.4 Å². The molecule has 0 amide bonds. The van der Waals surface area contributed by atoms with Crippen molar-refractivity contribution in [2.75, 3.05) is 25.1 Å². The number of nitrogens with zero attached hydrogens (tertiary/aromatic N) is 2. The second-order valence-corrected chi connectivity index (χ2v) is 6.80. The molecule has 1 heterocycles. The van der Waals surface area contributed by atoms with Gasteiger partial charge in [-0.1, -0.05) is 0 Å². The van der Waals surface area contributed by atoms with Gasteiger partial charge < -0.3 is 14.4 Å². The molecule has 0 saturated carbocycles. The number of carbonyl (C=O) groups excluding carboxylic acids is 2. The van der Waals surface area contributed by atoms with E-state index >= 15 is 0 Å². The second-order valence-electron chi connectivity index (χ2n) is 6.80. The van der Waals surface area contributed by atoms with Gasteiger partial charge >= 0.3 is 5.97 Å². The first-order valence-corrected chi connectivity index (χ1v) is 9.33. The van der Waals surface area contributed by atoms with Gasteiger partial charge in [0.15, 0.2) is 6.10 Å². The highest BCUT2D eigenvalue weighted by atomic mass is 16.6. The highest BCUT2D eigenvalue weighted by Gasteiger charge is 2.26. The topological polar surface area (TPSA) is 99.0 Å². The summed E-state index contributed by atoms with van der Waals surface area (Å²) >= 11 is 0. The molecule has 0 unspecified atom stereocenters. The fourth-order valence-electron chi connectivity index (χ4n) is 3.29. The number of methoxy groups -OCH3 is 1. The lowest BCUT2D eigenvalue weighted by Gasteiger charge is -2.18. The Labute approximate surface area is 168 Å². The van der Waals surface area contributed by atoms with Crippen LogP contribution >= 0.6 is 0 Å². The monoisotopic (exact) mass is 398 g/mol. The van der Waals surface area contributed by atoms with Crippen molar-refractivity contribution in [1.82, 2.24) is 0 Å². The Kier molecular flexibility index (Phi) is 6.11. The SMILES string of the molecule is COc1ccc(C(=O)[C@@H](C)OC(=O)c2ccc(N3CCCC3)c([N+](=O)[O-])c2)cc1. The van der Waals surface area contributed by atoms with Crippen LogP contribution in [0.5, 0.6) is 5.75 Å². The Bertz CT molecular complexity index is 919. The van der Waals surface area contributed by atoms with Gasteiger partial charge in [0.25, 0.3) is 5.69 Å². The second kappa shape index (κ2) is 8.72. The number of anilines is 1. The van der Waals surface area contributed by atoms with Gasteiger partial charge in [-0.15, -0.1) is 0 Å². The summed E-state index contributed by atoms with van der Waals surface area (Å²) in [5.41, 5.74) is 0.761. The van der Waals surface area contributed by atoms with Crippen molar-refractivity contribution in [2.45, 2.75) is 25.9 Å². The molecule has 1 saturated heterocycles. The molecule has 0 radical (unpaired) electrons. The van der Waals surface area contributed by atoms with E-state index in [-0.39, 0.29) is 17.0 Å². The van der Waals surface area contributed by atoms with Crippen LogP contribution in [0.1, 0.15) is 40.5 Å². The number of nitro benzene ring substituents is 1. The van der Waals surface area contributed by atoms with Gasteiger partial charge in [0, 0.05) is 24.7 Å². The van der Waals surface area contributed by atoms with E-state index in [1.165, 1.54) is 26.2 Å². The fourth-order valence-corrected chi connectivity index (χ4v) is 3.29. The zero-order chi connectivity index (χ0) is 21.0. The maximum Gasteiger partial charge on any atom is 0.339 e. The molecule has 2 aromatic carbocycles. The quantitative estimate of drug-likeness (QED) is 0.304. The van der Waals surface area contributed by atoms with Crippen LogP contribution in [0, 0.1) is 10.1 Å². The fraction of sp³-hybridized carbons (Fsp3) is 0.333. The Morgan fingerprint density at radius 2 is 1.69 bits per heavy atom. The van der Waals surface area contributed by atoms with Crippen molar-refractivity contribution < 1.29 is 24.0 Å². The molecule has 0 aromatic heterocycles. The summed E-state index contributed by atoms with van der Waals surface area (Å²) in [5.74, 6) is -0.545. The van der Waals surface area contributed by atoms with E-state index in [0.29, 0.717) is 17.0 Å². The van der Waals surface area contributed by atoms with Crippen LogP contribution in [0.4, 0.5) is 11.4 Å². The summed E-state index contributed by atoms with van der Waals surface area (Å²) in [6.07, 6.45) is 0.922. The van der Waals surface area contributed by atoms with Gasteiger partial charge in [-0.05, 0) is 56.2 Å². The zero-order valence-electron chi connectivity index (χ0n) is 16.3. The lowest BCUT2D eigenvalue weighted by atomic mass is 10.1. The van der Waals surface area contributed by atoms with Crippen molar-refractivity contribution in [2.24, 2.45) is 0 Å². The number of carbonyl (C=O) groups is 2. The van der Waals surface area contributed by atoms with Gasteiger partial charge in [-0.2, -0.15) is 0 Å². The molecule has 2 aromatic rings. The molecule has 1 fully saturated rings. The van der Waals surface area contributed by atoms with Gasteiger partial charge in [-0.25, -0.2) is 4.79 Å². The van der Waals surface area contributed by atoms with Crippen LogP contribution in [0.2, 0.25) is 0 Å². The van der Waals surface area contributed by atoms with Crippen LogP contribution in [0.25, 0.3) is 0 Å². The lowest BCUT2D eigenvalue weighted by Crippen LogP contribution is -2.24. The zero-order valence-corrected chi connectivity index (χ0v) is 16.3. The van der Waals surface area contributed by atoms with Crippen molar-refractivity contribution in [3.05, 3.63) is 63.7 Å². The number of Topliss-reactive ketones (excluding diaryl/α,β-unsaturated/α-hetero) is 1. The summed E-state index contributed by atoms with van der Waals surface area (Å²) in [5, 5.41) is 11.5. The van der Waals surface area contributed by atoms with E-state index in [1.807, 2.05) is 4.90 Å². The third-order valence-corrected chi connectivity index (χ3v) is 4.88. The number of ether oxygens (including phenoxy) is 2. The molecule has 152 valence electrons. The average molecular weight is 398 g/mol. The minimum absolute atomic E-state index is 0.0361. The Hall–Kier alpha value is -3.42. The molecule has 0 N–H and O–H groups in total. The lowest BCUT2D eigenvalue weighted by molar-refractivity contribution is -0.384. The minimum Gasteiger partial charge on any atom is -0.497 e. The molecule has 0 aliphatic carbocycles. The molecule has 0 bridgehead atoms. The van der Waals surface area contributed by atoms with E-state index in [2.05, 4.69) is 0 Å². The third kappa shape index (κ3) is 4.53. The number of hydrogen-bond acceptors (Lipinski definition) is 7. The number of hydrogen-bond donors (Lipinski definition) is 0. The standard InChI is InChI=1S/C21H22N2O6/c1-14(20(24)15-5-8-17(28-2)9-6-15)29-21(25)16-7-10-18(19(13-16)23(26)27)22-11-3-4-12-22/h5-10,13-14H,3-4,11-12H2,1-2H3/t14-/m1/s1. The first kappa shape index (κ1) is 20.3. The molecule has 8 nitrogen and oxygen atoms in total. The molecular formula is C21H22N2O6. The van der Waals surface area contributed by atoms with E-state index < -0.39 is 17.0 Å². The predicted molar refractivity (Wildman–Crippen MR) is 107 cm³/mol. The maximum atomic E-state index is 12.5.